The van der Waals surface area contributed by atoms with Crippen molar-refractivity contribution in [2.24, 2.45) is 0 Å². The van der Waals surface area contributed by atoms with Crippen LogP contribution in [-0.2, 0) is 0 Å². The molecule has 0 bridgehead atoms. The van der Waals surface area contributed by atoms with Crippen LogP contribution in [0.4, 0.5) is 5.69 Å². The van der Waals surface area contributed by atoms with E-state index in [9.17, 15) is 0 Å². The van der Waals surface area contributed by atoms with Crippen molar-refractivity contribution < 1.29 is 0 Å². The van der Waals surface area contributed by atoms with Crippen molar-refractivity contribution in [1.82, 2.24) is 4.90 Å². The minimum absolute atomic E-state index is 0.533. The number of rotatable bonds is 3. The van der Waals surface area contributed by atoms with E-state index in [1.807, 2.05) is 24.3 Å². The Morgan fingerprint density at radius 2 is 2.06 bits per heavy atom. The molecule has 1 atom stereocenters. The molecule has 1 N–H and O–H groups in total. The summed E-state index contributed by atoms with van der Waals surface area (Å²) in [6.45, 7) is 6.76. The number of hydrogen-bond donors (Lipinski definition) is 1. The third-order valence-electron chi connectivity index (χ3n) is 3.33. The standard InChI is InChI=1S/C14H19N3/c1-11(2)17-8-7-14(10-17)16-13-5-3-12(9-15)4-6-13/h3-6,11,14,16H,7-8,10H2,1-2H3. The molecule has 0 aromatic heterocycles. The summed E-state index contributed by atoms with van der Waals surface area (Å²) in [5, 5.41) is 12.3. The minimum atomic E-state index is 0.533. The summed E-state index contributed by atoms with van der Waals surface area (Å²) in [4.78, 5) is 2.49. The van der Waals surface area contributed by atoms with E-state index in [-0.39, 0.29) is 0 Å². The topological polar surface area (TPSA) is 39.1 Å². The van der Waals surface area contributed by atoms with Crippen LogP contribution in [-0.4, -0.2) is 30.1 Å². The largest absolute Gasteiger partial charge is 0.381 e. The summed E-state index contributed by atoms with van der Waals surface area (Å²) < 4.78 is 0. The van der Waals surface area contributed by atoms with Crippen LogP contribution in [0.1, 0.15) is 25.8 Å². The van der Waals surface area contributed by atoms with Crippen molar-refractivity contribution in [3.8, 4) is 6.07 Å². The normalized spacial score (nSPS) is 20.5. The maximum absolute atomic E-state index is 8.73. The zero-order chi connectivity index (χ0) is 12.3. The molecule has 0 spiro atoms. The first-order valence-electron chi connectivity index (χ1n) is 6.20. The van der Waals surface area contributed by atoms with Gasteiger partial charge in [0, 0.05) is 30.9 Å². The molecule has 1 aromatic carbocycles. The van der Waals surface area contributed by atoms with Gasteiger partial charge in [-0.2, -0.15) is 5.26 Å². The number of benzene rings is 1. The molecule has 3 heteroatoms. The molecule has 1 unspecified atom stereocenters. The Hall–Kier alpha value is -1.53. The lowest BCUT2D eigenvalue weighted by molar-refractivity contribution is 0.274. The van der Waals surface area contributed by atoms with Crippen LogP contribution in [0.25, 0.3) is 0 Å². The summed E-state index contributed by atoms with van der Waals surface area (Å²) in [7, 11) is 0. The summed E-state index contributed by atoms with van der Waals surface area (Å²) >= 11 is 0. The Balaban J connectivity index is 1.91. The summed E-state index contributed by atoms with van der Waals surface area (Å²) in [5.74, 6) is 0. The van der Waals surface area contributed by atoms with E-state index in [0.29, 0.717) is 17.6 Å². The zero-order valence-electron chi connectivity index (χ0n) is 10.5. The van der Waals surface area contributed by atoms with Crippen molar-refractivity contribution >= 4 is 5.69 Å². The van der Waals surface area contributed by atoms with Crippen molar-refractivity contribution in [3.63, 3.8) is 0 Å². The van der Waals surface area contributed by atoms with E-state index in [4.69, 9.17) is 5.26 Å². The number of anilines is 1. The molecule has 1 fully saturated rings. The molecule has 2 rings (SSSR count). The number of nitriles is 1. The third kappa shape index (κ3) is 2.98. The van der Waals surface area contributed by atoms with Gasteiger partial charge in [0.15, 0.2) is 0 Å². The van der Waals surface area contributed by atoms with Gasteiger partial charge in [0.2, 0.25) is 0 Å². The molecule has 1 aliphatic heterocycles. The first-order chi connectivity index (χ1) is 8.19. The van der Waals surface area contributed by atoms with Gasteiger partial charge in [-0.05, 0) is 44.5 Å². The highest BCUT2D eigenvalue weighted by Gasteiger charge is 2.23. The Bertz CT molecular complexity index is 402. The molecule has 0 amide bonds. The first-order valence-corrected chi connectivity index (χ1v) is 6.20. The molecule has 1 aliphatic rings. The van der Waals surface area contributed by atoms with Gasteiger partial charge in [0.05, 0.1) is 11.6 Å². The van der Waals surface area contributed by atoms with Crippen LogP contribution in [0, 0.1) is 11.3 Å². The van der Waals surface area contributed by atoms with Crippen LogP contribution < -0.4 is 5.32 Å². The Labute approximate surface area is 103 Å². The van der Waals surface area contributed by atoms with Gasteiger partial charge in [0.25, 0.3) is 0 Å². The highest BCUT2D eigenvalue weighted by molar-refractivity contribution is 5.48. The number of nitrogens with zero attached hydrogens (tertiary/aromatic N) is 2. The molecule has 17 heavy (non-hydrogen) atoms. The second kappa shape index (κ2) is 5.20. The maximum Gasteiger partial charge on any atom is 0.0991 e. The van der Waals surface area contributed by atoms with Crippen molar-refractivity contribution in [3.05, 3.63) is 29.8 Å². The van der Waals surface area contributed by atoms with Gasteiger partial charge in [-0.3, -0.25) is 4.90 Å². The van der Waals surface area contributed by atoms with Gasteiger partial charge < -0.3 is 5.32 Å². The van der Waals surface area contributed by atoms with Crippen molar-refractivity contribution in [1.29, 1.82) is 5.26 Å². The van der Waals surface area contributed by atoms with Gasteiger partial charge in [-0.1, -0.05) is 0 Å². The number of hydrogen-bond acceptors (Lipinski definition) is 3. The molecule has 1 aromatic rings. The van der Waals surface area contributed by atoms with E-state index < -0.39 is 0 Å². The third-order valence-corrected chi connectivity index (χ3v) is 3.33. The summed E-state index contributed by atoms with van der Waals surface area (Å²) in [6, 6.07) is 11.0. The van der Waals surface area contributed by atoms with Crippen molar-refractivity contribution in [2.45, 2.75) is 32.4 Å². The predicted molar refractivity (Wildman–Crippen MR) is 69.9 cm³/mol. The monoisotopic (exact) mass is 229 g/mol. The van der Waals surface area contributed by atoms with Crippen LogP contribution >= 0.6 is 0 Å². The van der Waals surface area contributed by atoms with Crippen LogP contribution in [0.3, 0.4) is 0 Å². The van der Waals surface area contributed by atoms with Gasteiger partial charge >= 0.3 is 0 Å². The molecule has 1 saturated heterocycles. The molecule has 0 saturated carbocycles. The molecule has 3 nitrogen and oxygen atoms in total. The fourth-order valence-electron chi connectivity index (χ4n) is 2.25. The minimum Gasteiger partial charge on any atom is -0.381 e. The molecule has 1 heterocycles. The Kier molecular flexibility index (Phi) is 3.65. The Morgan fingerprint density at radius 1 is 1.35 bits per heavy atom. The molecule has 90 valence electrons. The average molecular weight is 229 g/mol. The Morgan fingerprint density at radius 3 is 2.59 bits per heavy atom. The molecule has 0 aliphatic carbocycles. The van der Waals surface area contributed by atoms with E-state index in [0.717, 1.165) is 12.2 Å². The molecular formula is C14H19N3. The van der Waals surface area contributed by atoms with E-state index in [1.54, 1.807) is 0 Å². The SMILES string of the molecule is CC(C)N1CCC(Nc2ccc(C#N)cc2)C1. The van der Waals surface area contributed by atoms with Crippen LogP contribution in [0.5, 0.6) is 0 Å². The number of likely N-dealkylation sites (tertiary alicyclic amines) is 1. The summed E-state index contributed by atoms with van der Waals surface area (Å²) in [5.41, 5.74) is 1.82. The van der Waals surface area contributed by atoms with Crippen LogP contribution in [0.15, 0.2) is 24.3 Å². The van der Waals surface area contributed by atoms with Gasteiger partial charge in [-0.15, -0.1) is 0 Å². The molecule has 0 radical (unpaired) electrons. The van der Waals surface area contributed by atoms with Crippen molar-refractivity contribution in [2.75, 3.05) is 18.4 Å². The van der Waals surface area contributed by atoms with Gasteiger partial charge in [-0.25, -0.2) is 0 Å². The fraction of sp³-hybridized carbons (Fsp3) is 0.500. The summed E-state index contributed by atoms with van der Waals surface area (Å²) in [6.07, 6.45) is 1.19. The quantitative estimate of drug-likeness (QED) is 0.865. The van der Waals surface area contributed by atoms with E-state index in [1.165, 1.54) is 13.0 Å². The first kappa shape index (κ1) is 11.9. The lowest BCUT2D eigenvalue weighted by Gasteiger charge is -2.20. The average Bonchev–Trinajstić information content (AvgIpc) is 2.79. The number of nitrogens with one attached hydrogen (secondary N) is 1. The maximum atomic E-state index is 8.73. The lowest BCUT2D eigenvalue weighted by Crippen LogP contribution is -2.31. The highest BCUT2D eigenvalue weighted by atomic mass is 15.2. The predicted octanol–water partition coefficient (Wildman–Crippen LogP) is 2.45. The molecular weight excluding hydrogens is 210 g/mol. The second-order valence-corrected chi connectivity index (χ2v) is 4.91. The van der Waals surface area contributed by atoms with E-state index in [2.05, 4.69) is 30.1 Å². The zero-order valence-corrected chi connectivity index (χ0v) is 10.5. The lowest BCUT2D eigenvalue weighted by atomic mass is 10.2. The van der Waals surface area contributed by atoms with Gasteiger partial charge in [0.1, 0.15) is 0 Å². The van der Waals surface area contributed by atoms with E-state index >= 15 is 0 Å². The highest BCUT2D eigenvalue weighted by Crippen LogP contribution is 2.17. The van der Waals surface area contributed by atoms with Crippen LogP contribution in [0.2, 0.25) is 0 Å². The second-order valence-electron chi connectivity index (χ2n) is 4.91. The fourth-order valence-corrected chi connectivity index (χ4v) is 2.25. The smallest absolute Gasteiger partial charge is 0.0991 e.